The first-order valence-electron chi connectivity index (χ1n) is 6.37. The Labute approximate surface area is 140 Å². The Morgan fingerprint density at radius 3 is 2.76 bits per heavy atom. The summed E-state index contributed by atoms with van der Waals surface area (Å²) in [4.78, 5) is 12.2. The Kier molecular flexibility index (Phi) is 3.56. The molecule has 1 aromatic heterocycles. The van der Waals surface area contributed by atoms with Crippen LogP contribution in [0.4, 0.5) is 5.69 Å². The number of aryl methyl sites for hydroxylation is 2. The third-order valence-corrected chi connectivity index (χ3v) is 5.14. The van der Waals surface area contributed by atoms with Gasteiger partial charge < -0.3 is 11.1 Å². The first-order valence-corrected chi connectivity index (χ1v) is 7.83. The summed E-state index contributed by atoms with van der Waals surface area (Å²) in [5.74, 6) is -0.182. The minimum absolute atomic E-state index is 0.182. The molecule has 0 fully saturated rings. The van der Waals surface area contributed by atoms with Crippen molar-refractivity contribution in [3.63, 3.8) is 0 Å². The molecule has 0 aliphatic carbocycles. The van der Waals surface area contributed by atoms with E-state index in [1.807, 2.05) is 6.92 Å². The van der Waals surface area contributed by atoms with E-state index in [1.54, 1.807) is 11.7 Å². The summed E-state index contributed by atoms with van der Waals surface area (Å²) < 4.78 is 2.48. The predicted octanol–water partition coefficient (Wildman–Crippen LogP) is 1.92. The van der Waals surface area contributed by atoms with E-state index < -0.39 is 0 Å². The molecule has 1 aliphatic rings. The quantitative estimate of drug-likeness (QED) is 0.548. The van der Waals surface area contributed by atoms with Gasteiger partial charge in [0.05, 0.1) is 22.0 Å². The number of nitrogens with one attached hydrogen (secondary N) is 1. The lowest BCUT2D eigenvalue weighted by molar-refractivity contribution is 0.0946. The maximum atomic E-state index is 12.2. The standard InChI is InChI=1S/C13H13ClIN5O/c1-5-12(20(2)19-18-5)8-9(14)7-6(11(16)10(8)15)3-4-17-13(7)21/h3-4,16H2,1-2H3,(H,17,21). The minimum Gasteiger partial charge on any atom is -0.398 e. The van der Waals surface area contributed by atoms with E-state index in [9.17, 15) is 4.79 Å². The van der Waals surface area contributed by atoms with Gasteiger partial charge in [-0.05, 0) is 41.5 Å². The van der Waals surface area contributed by atoms with Crippen LogP contribution in [0.25, 0.3) is 11.3 Å². The third-order valence-electron chi connectivity index (χ3n) is 3.64. The maximum absolute atomic E-state index is 12.2. The molecule has 8 heteroatoms. The van der Waals surface area contributed by atoms with Crippen molar-refractivity contribution in [2.45, 2.75) is 13.3 Å². The lowest BCUT2D eigenvalue weighted by Crippen LogP contribution is -2.33. The fraction of sp³-hybridized carbons (Fsp3) is 0.308. The first-order chi connectivity index (χ1) is 9.93. The number of anilines is 1. The van der Waals surface area contributed by atoms with Crippen molar-refractivity contribution in [1.82, 2.24) is 20.3 Å². The number of nitrogen functional groups attached to an aromatic ring is 1. The number of hydrogen-bond donors (Lipinski definition) is 2. The van der Waals surface area contributed by atoms with Crippen molar-refractivity contribution in [2.75, 3.05) is 12.3 Å². The number of carbonyl (C=O) groups excluding carboxylic acids is 1. The second kappa shape index (κ2) is 5.13. The summed E-state index contributed by atoms with van der Waals surface area (Å²) in [6.07, 6.45) is 0.686. The van der Waals surface area contributed by atoms with E-state index in [0.717, 1.165) is 26.1 Å². The summed E-state index contributed by atoms with van der Waals surface area (Å²) in [6.45, 7) is 2.43. The van der Waals surface area contributed by atoms with Crippen molar-refractivity contribution in [2.24, 2.45) is 7.05 Å². The van der Waals surface area contributed by atoms with E-state index in [2.05, 4.69) is 38.2 Å². The van der Waals surface area contributed by atoms with Gasteiger partial charge in [0, 0.05) is 28.4 Å². The SMILES string of the molecule is Cc1nnn(C)c1-c1c(Cl)c2c(c(N)c1I)CCNC2=O. The Morgan fingerprint density at radius 1 is 1.43 bits per heavy atom. The molecule has 3 rings (SSSR count). The van der Waals surface area contributed by atoms with Crippen LogP contribution >= 0.6 is 34.2 Å². The largest absolute Gasteiger partial charge is 0.398 e. The van der Waals surface area contributed by atoms with Crippen molar-refractivity contribution in [3.05, 3.63) is 25.4 Å². The van der Waals surface area contributed by atoms with Gasteiger partial charge in [-0.1, -0.05) is 16.8 Å². The normalized spacial score (nSPS) is 14.0. The van der Waals surface area contributed by atoms with Gasteiger partial charge >= 0.3 is 0 Å². The molecule has 1 amide bonds. The van der Waals surface area contributed by atoms with Crippen LogP contribution in [0.2, 0.25) is 5.02 Å². The smallest absolute Gasteiger partial charge is 0.253 e. The highest BCUT2D eigenvalue weighted by molar-refractivity contribution is 14.1. The van der Waals surface area contributed by atoms with Crippen LogP contribution in [-0.4, -0.2) is 27.4 Å². The zero-order valence-electron chi connectivity index (χ0n) is 11.5. The summed E-state index contributed by atoms with van der Waals surface area (Å²) in [5, 5.41) is 11.3. The molecule has 6 nitrogen and oxygen atoms in total. The highest BCUT2D eigenvalue weighted by Gasteiger charge is 2.29. The molecule has 0 radical (unpaired) electrons. The molecule has 1 aliphatic heterocycles. The van der Waals surface area contributed by atoms with Crippen LogP contribution < -0.4 is 11.1 Å². The van der Waals surface area contributed by atoms with Gasteiger partial charge in [-0.2, -0.15) is 0 Å². The Balaban J connectivity index is 2.40. The van der Waals surface area contributed by atoms with Gasteiger partial charge in [0.1, 0.15) is 0 Å². The van der Waals surface area contributed by atoms with Gasteiger partial charge in [-0.25, -0.2) is 4.68 Å². The topological polar surface area (TPSA) is 85.8 Å². The average molecular weight is 418 g/mol. The molecule has 0 bridgehead atoms. The van der Waals surface area contributed by atoms with Crippen LogP contribution in [0, 0.1) is 10.5 Å². The molecule has 1 aromatic carbocycles. The van der Waals surface area contributed by atoms with E-state index in [-0.39, 0.29) is 5.91 Å². The van der Waals surface area contributed by atoms with Crippen LogP contribution in [0.3, 0.4) is 0 Å². The number of halogens is 2. The number of fused-ring (bicyclic) bond motifs is 1. The Hall–Kier alpha value is -1.35. The average Bonchev–Trinajstić information content (AvgIpc) is 2.77. The number of benzene rings is 1. The van der Waals surface area contributed by atoms with Gasteiger partial charge in [0.2, 0.25) is 0 Å². The molecule has 110 valence electrons. The van der Waals surface area contributed by atoms with Crippen molar-refractivity contribution < 1.29 is 4.79 Å². The summed E-state index contributed by atoms with van der Waals surface area (Å²) in [7, 11) is 1.79. The fourth-order valence-corrected chi connectivity index (χ4v) is 4.05. The van der Waals surface area contributed by atoms with E-state index in [4.69, 9.17) is 17.3 Å². The van der Waals surface area contributed by atoms with Gasteiger partial charge in [-0.3, -0.25) is 4.79 Å². The van der Waals surface area contributed by atoms with Crippen molar-refractivity contribution in [3.8, 4) is 11.3 Å². The van der Waals surface area contributed by atoms with Crippen molar-refractivity contribution >= 4 is 45.8 Å². The molecule has 0 unspecified atom stereocenters. The number of rotatable bonds is 1. The van der Waals surface area contributed by atoms with E-state index in [1.165, 1.54) is 0 Å². The zero-order chi connectivity index (χ0) is 15.3. The Bertz CT molecular complexity index is 751. The number of nitrogens with two attached hydrogens (primary N) is 1. The van der Waals surface area contributed by atoms with Gasteiger partial charge in [0.15, 0.2) is 0 Å². The lowest BCUT2D eigenvalue weighted by atomic mass is 9.94. The molecule has 0 spiro atoms. The summed E-state index contributed by atoms with van der Waals surface area (Å²) in [5.41, 5.74) is 10.4. The number of amides is 1. The molecule has 0 saturated carbocycles. The molecule has 21 heavy (non-hydrogen) atoms. The molecule has 2 aromatic rings. The highest BCUT2D eigenvalue weighted by Crippen LogP contribution is 2.42. The van der Waals surface area contributed by atoms with Crippen LogP contribution in [-0.2, 0) is 13.5 Å². The van der Waals surface area contributed by atoms with Crippen LogP contribution in [0.5, 0.6) is 0 Å². The highest BCUT2D eigenvalue weighted by atomic mass is 127. The van der Waals surface area contributed by atoms with Gasteiger partial charge in [-0.15, -0.1) is 5.10 Å². The number of carbonyl (C=O) groups is 1. The minimum atomic E-state index is -0.182. The monoisotopic (exact) mass is 417 g/mol. The molecule has 0 saturated heterocycles. The second-order valence-electron chi connectivity index (χ2n) is 4.92. The molecular weight excluding hydrogens is 405 g/mol. The molecular formula is C13H13ClIN5O. The van der Waals surface area contributed by atoms with Crippen molar-refractivity contribution in [1.29, 1.82) is 0 Å². The summed E-state index contributed by atoms with van der Waals surface area (Å²) >= 11 is 8.71. The van der Waals surface area contributed by atoms with Crippen LogP contribution in [0.1, 0.15) is 21.6 Å². The number of nitrogens with zero attached hydrogens (tertiary/aromatic N) is 3. The summed E-state index contributed by atoms with van der Waals surface area (Å²) in [6, 6.07) is 0. The molecule has 3 N–H and O–H groups in total. The third kappa shape index (κ3) is 2.10. The molecule has 0 atom stereocenters. The second-order valence-corrected chi connectivity index (χ2v) is 6.38. The van der Waals surface area contributed by atoms with Crippen LogP contribution in [0.15, 0.2) is 0 Å². The number of hydrogen-bond acceptors (Lipinski definition) is 4. The zero-order valence-corrected chi connectivity index (χ0v) is 14.4. The number of aromatic nitrogens is 3. The lowest BCUT2D eigenvalue weighted by Gasteiger charge is -2.23. The fourth-order valence-electron chi connectivity index (χ4n) is 2.65. The van der Waals surface area contributed by atoms with E-state index in [0.29, 0.717) is 29.2 Å². The van der Waals surface area contributed by atoms with Gasteiger partial charge in [0.25, 0.3) is 5.91 Å². The Morgan fingerprint density at radius 2 is 2.14 bits per heavy atom. The van der Waals surface area contributed by atoms with E-state index >= 15 is 0 Å². The maximum Gasteiger partial charge on any atom is 0.253 e. The first kappa shape index (κ1) is 14.6. The predicted molar refractivity (Wildman–Crippen MR) is 89.4 cm³/mol. The molecule has 2 heterocycles.